The van der Waals surface area contributed by atoms with Crippen LogP contribution in [0.5, 0.6) is 0 Å². The van der Waals surface area contributed by atoms with E-state index in [-0.39, 0.29) is 5.91 Å². The summed E-state index contributed by atoms with van der Waals surface area (Å²) in [5.41, 5.74) is 0. The molecule has 1 amide bonds. The lowest BCUT2D eigenvalue weighted by Crippen LogP contribution is -2.32. The van der Waals surface area contributed by atoms with Crippen molar-refractivity contribution < 1.29 is 4.79 Å². The zero-order valence-corrected chi connectivity index (χ0v) is 6.13. The molecule has 0 aromatic carbocycles. The van der Waals surface area contributed by atoms with Gasteiger partial charge in [0.05, 0.1) is 0 Å². The van der Waals surface area contributed by atoms with Gasteiger partial charge in [-0.25, -0.2) is 0 Å². The van der Waals surface area contributed by atoms with Crippen LogP contribution in [0.15, 0.2) is 0 Å². The Morgan fingerprint density at radius 1 is 1.80 bits per heavy atom. The molecule has 10 heavy (non-hydrogen) atoms. The van der Waals surface area contributed by atoms with Crippen LogP contribution in [0.3, 0.4) is 0 Å². The second kappa shape index (κ2) is 2.74. The van der Waals surface area contributed by atoms with Crippen molar-refractivity contribution in [2.75, 3.05) is 6.54 Å². The first-order chi connectivity index (χ1) is 4.75. The molecule has 0 aliphatic carbocycles. The molecular weight excluding hydrogens is 126 g/mol. The van der Waals surface area contributed by atoms with E-state index in [9.17, 15) is 4.79 Å². The van der Waals surface area contributed by atoms with Gasteiger partial charge < -0.3 is 4.90 Å². The Hall–Kier alpha value is -0.970. The topological polar surface area (TPSA) is 20.3 Å². The molecule has 1 saturated heterocycles. The zero-order chi connectivity index (χ0) is 7.56. The van der Waals surface area contributed by atoms with Crippen molar-refractivity contribution in [2.45, 2.75) is 25.8 Å². The van der Waals surface area contributed by atoms with Gasteiger partial charge in [-0.2, -0.15) is 0 Å². The number of likely N-dealkylation sites (tertiary alicyclic amines) is 1. The van der Waals surface area contributed by atoms with Crippen LogP contribution in [0.2, 0.25) is 0 Å². The van der Waals surface area contributed by atoms with Gasteiger partial charge in [0.25, 0.3) is 5.91 Å². The van der Waals surface area contributed by atoms with E-state index in [1.54, 1.807) is 4.90 Å². The predicted molar refractivity (Wildman–Crippen MR) is 39.2 cm³/mol. The van der Waals surface area contributed by atoms with Crippen LogP contribution in [0, 0.1) is 12.3 Å². The maximum absolute atomic E-state index is 10.9. The molecule has 1 unspecified atom stereocenters. The standard InChI is InChI=1S/C8H11NO/c1-3-8(10)9-6-4-5-7(9)2/h1,7H,4-6H2,2H3. The van der Waals surface area contributed by atoms with E-state index in [0.29, 0.717) is 6.04 Å². The van der Waals surface area contributed by atoms with Gasteiger partial charge in [-0.3, -0.25) is 4.79 Å². The minimum atomic E-state index is -0.162. The van der Waals surface area contributed by atoms with Crippen LogP contribution in [0.4, 0.5) is 0 Å². The molecule has 0 radical (unpaired) electrons. The average molecular weight is 137 g/mol. The SMILES string of the molecule is C#CC(=O)N1CCCC1C. The van der Waals surface area contributed by atoms with Crippen LogP contribution in [0.25, 0.3) is 0 Å². The van der Waals surface area contributed by atoms with Crippen molar-refractivity contribution in [1.29, 1.82) is 0 Å². The van der Waals surface area contributed by atoms with E-state index in [2.05, 4.69) is 5.92 Å². The summed E-state index contributed by atoms with van der Waals surface area (Å²) in [6.07, 6.45) is 7.16. The summed E-state index contributed by atoms with van der Waals surface area (Å²) in [6.45, 7) is 2.87. The molecule has 54 valence electrons. The van der Waals surface area contributed by atoms with Gasteiger partial charge in [0, 0.05) is 12.6 Å². The predicted octanol–water partition coefficient (Wildman–Crippen LogP) is 0.630. The van der Waals surface area contributed by atoms with E-state index in [4.69, 9.17) is 6.42 Å². The average Bonchev–Trinajstić information content (AvgIpc) is 2.34. The molecule has 0 aromatic rings. The smallest absolute Gasteiger partial charge is 0.298 e. The van der Waals surface area contributed by atoms with E-state index >= 15 is 0 Å². The third-order valence-corrected chi connectivity index (χ3v) is 1.94. The fourth-order valence-electron chi connectivity index (χ4n) is 1.32. The van der Waals surface area contributed by atoms with Gasteiger partial charge in [-0.15, -0.1) is 6.42 Å². The summed E-state index contributed by atoms with van der Waals surface area (Å²) >= 11 is 0. The summed E-state index contributed by atoms with van der Waals surface area (Å²) in [6, 6.07) is 0.351. The lowest BCUT2D eigenvalue weighted by molar-refractivity contribution is -0.125. The number of hydrogen-bond donors (Lipinski definition) is 0. The van der Waals surface area contributed by atoms with Crippen LogP contribution >= 0.6 is 0 Å². The third-order valence-electron chi connectivity index (χ3n) is 1.94. The normalized spacial score (nSPS) is 24.4. The number of nitrogens with zero attached hydrogens (tertiary/aromatic N) is 1. The first kappa shape index (κ1) is 7.14. The Morgan fingerprint density at radius 2 is 2.50 bits per heavy atom. The van der Waals surface area contributed by atoms with E-state index < -0.39 is 0 Å². The molecule has 1 aliphatic rings. The molecule has 0 aromatic heterocycles. The van der Waals surface area contributed by atoms with Crippen LogP contribution in [-0.4, -0.2) is 23.4 Å². The van der Waals surface area contributed by atoms with Crippen molar-refractivity contribution in [3.05, 3.63) is 0 Å². The summed E-state index contributed by atoms with van der Waals surface area (Å²) < 4.78 is 0. The molecule has 1 atom stereocenters. The molecule has 1 fully saturated rings. The van der Waals surface area contributed by atoms with Gasteiger partial charge in [0.1, 0.15) is 0 Å². The first-order valence-electron chi connectivity index (χ1n) is 3.53. The molecule has 2 heteroatoms. The number of carbonyl (C=O) groups is 1. The first-order valence-corrected chi connectivity index (χ1v) is 3.53. The van der Waals surface area contributed by atoms with Crippen molar-refractivity contribution >= 4 is 5.91 Å². The highest BCUT2D eigenvalue weighted by molar-refractivity contribution is 5.93. The Kier molecular flexibility index (Phi) is 1.96. The van der Waals surface area contributed by atoms with Gasteiger partial charge in [0.2, 0.25) is 0 Å². The largest absolute Gasteiger partial charge is 0.329 e. The van der Waals surface area contributed by atoms with Crippen LogP contribution in [0.1, 0.15) is 19.8 Å². The monoisotopic (exact) mass is 137 g/mol. The highest BCUT2D eigenvalue weighted by Gasteiger charge is 2.23. The highest BCUT2D eigenvalue weighted by Crippen LogP contribution is 2.15. The minimum Gasteiger partial charge on any atom is -0.329 e. The molecular formula is C8H11NO. The highest BCUT2D eigenvalue weighted by atomic mass is 16.2. The Bertz CT molecular complexity index is 180. The molecule has 0 saturated carbocycles. The quantitative estimate of drug-likeness (QED) is 0.448. The molecule has 0 N–H and O–H groups in total. The summed E-state index contributed by atoms with van der Waals surface area (Å²) in [5.74, 6) is 1.96. The Labute approximate surface area is 61.2 Å². The van der Waals surface area contributed by atoms with Crippen molar-refractivity contribution in [3.63, 3.8) is 0 Å². The molecule has 2 nitrogen and oxygen atoms in total. The molecule has 1 rings (SSSR count). The lowest BCUT2D eigenvalue weighted by Gasteiger charge is -2.17. The van der Waals surface area contributed by atoms with Crippen LogP contribution < -0.4 is 0 Å². The summed E-state index contributed by atoms with van der Waals surface area (Å²) in [7, 11) is 0. The van der Waals surface area contributed by atoms with Gasteiger partial charge in [-0.1, -0.05) is 0 Å². The molecule has 1 aliphatic heterocycles. The second-order valence-corrected chi connectivity index (χ2v) is 2.63. The molecule has 0 spiro atoms. The second-order valence-electron chi connectivity index (χ2n) is 2.63. The van der Waals surface area contributed by atoms with E-state index in [1.807, 2.05) is 6.92 Å². The number of hydrogen-bond acceptors (Lipinski definition) is 1. The number of rotatable bonds is 0. The van der Waals surface area contributed by atoms with Gasteiger partial charge >= 0.3 is 0 Å². The molecule has 0 bridgehead atoms. The van der Waals surface area contributed by atoms with Crippen molar-refractivity contribution in [2.24, 2.45) is 0 Å². The summed E-state index contributed by atoms with van der Waals surface area (Å²) in [4.78, 5) is 12.7. The van der Waals surface area contributed by atoms with Crippen molar-refractivity contribution in [3.8, 4) is 12.3 Å². The maximum Gasteiger partial charge on any atom is 0.298 e. The number of carbonyl (C=O) groups excluding carboxylic acids is 1. The lowest BCUT2D eigenvalue weighted by atomic mass is 10.2. The van der Waals surface area contributed by atoms with Gasteiger partial charge in [-0.05, 0) is 25.7 Å². The maximum atomic E-state index is 10.9. The fraction of sp³-hybridized carbons (Fsp3) is 0.625. The van der Waals surface area contributed by atoms with Crippen molar-refractivity contribution in [1.82, 2.24) is 4.90 Å². The summed E-state index contributed by atoms with van der Waals surface area (Å²) in [5, 5.41) is 0. The Balaban J connectivity index is 2.57. The zero-order valence-electron chi connectivity index (χ0n) is 6.13. The number of amides is 1. The molecule has 1 heterocycles. The third kappa shape index (κ3) is 1.13. The van der Waals surface area contributed by atoms with E-state index in [1.165, 1.54) is 0 Å². The van der Waals surface area contributed by atoms with Crippen LogP contribution in [-0.2, 0) is 4.79 Å². The Morgan fingerprint density at radius 3 is 2.90 bits per heavy atom. The number of terminal acetylenes is 1. The fourth-order valence-corrected chi connectivity index (χ4v) is 1.32. The minimum absolute atomic E-state index is 0.162. The van der Waals surface area contributed by atoms with E-state index in [0.717, 1.165) is 19.4 Å². The van der Waals surface area contributed by atoms with Gasteiger partial charge in [0.15, 0.2) is 0 Å².